The normalized spacial score (nSPS) is 13.9. The number of aromatic nitrogens is 2. The van der Waals surface area contributed by atoms with Gasteiger partial charge in [-0.15, -0.1) is 0 Å². The third kappa shape index (κ3) is 19.1. The van der Waals surface area contributed by atoms with E-state index in [1.54, 1.807) is 32.3 Å². The van der Waals surface area contributed by atoms with E-state index in [4.69, 9.17) is 40.1 Å². The zero-order valence-corrected chi connectivity index (χ0v) is 42.9. The molecular weight excluding hydrogens is 989 g/mol. The summed E-state index contributed by atoms with van der Waals surface area (Å²) < 4.78 is 0. The average Bonchev–Trinajstić information content (AvgIpc) is 3.97. The van der Waals surface area contributed by atoms with Crippen LogP contribution in [-0.2, 0) is 46.4 Å². The molecule has 23 N–H and O–H groups in total. The number of fused-ring (bicyclic) bond motifs is 2. The van der Waals surface area contributed by atoms with Crippen molar-refractivity contribution in [3.05, 3.63) is 72.1 Å². The molecule has 26 nitrogen and oxygen atoms in total. The fourth-order valence-electron chi connectivity index (χ4n) is 7.98. The fraction of sp³-hybridized carbons (Fsp3) is 0.458. The molecule has 0 fully saturated rings. The molecule has 75 heavy (non-hydrogen) atoms. The minimum atomic E-state index is -1.41. The van der Waals surface area contributed by atoms with E-state index in [0.29, 0.717) is 17.5 Å². The molecule has 4 aromatic rings. The second-order valence-electron chi connectivity index (χ2n) is 18.1. The number of aliphatic imine (C=N–C) groups is 3. The first-order chi connectivity index (χ1) is 35.7. The van der Waals surface area contributed by atoms with E-state index in [1.807, 2.05) is 42.5 Å². The number of carbonyl (C=O) groups excluding carboxylic acids is 6. The average molecular weight is 1060 g/mol. The number of carboxylic acids is 1. The van der Waals surface area contributed by atoms with E-state index < -0.39 is 89.6 Å². The van der Waals surface area contributed by atoms with Crippen LogP contribution >= 0.6 is 12.6 Å². The first kappa shape index (κ1) is 59.5. The van der Waals surface area contributed by atoms with Crippen molar-refractivity contribution >= 4 is 93.7 Å². The molecular formula is C48H72N18O8S. The number of amides is 6. The first-order valence-electron chi connectivity index (χ1n) is 24.4. The molecule has 7 atom stereocenters. The number of aromatic amines is 2. The van der Waals surface area contributed by atoms with E-state index in [-0.39, 0.29) is 88.2 Å². The molecule has 0 aliphatic heterocycles. The van der Waals surface area contributed by atoms with Gasteiger partial charge in [-0.25, -0.2) is 4.79 Å². The number of carbonyl (C=O) groups is 7. The highest BCUT2D eigenvalue weighted by Crippen LogP contribution is 2.22. The Hall–Kier alpha value is -8.07. The minimum absolute atomic E-state index is 0.0198. The number of guanidine groups is 3. The number of para-hydroxylation sites is 2. The smallest absolute Gasteiger partial charge is 0.326 e. The van der Waals surface area contributed by atoms with Crippen LogP contribution < -0.4 is 72.0 Å². The van der Waals surface area contributed by atoms with Gasteiger partial charge in [0.1, 0.15) is 36.3 Å². The first-order valence-corrected chi connectivity index (χ1v) is 25.0. The number of hydrogen-bond donors (Lipinski definition) is 17. The lowest BCUT2D eigenvalue weighted by molar-refractivity contribution is -0.143. The van der Waals surface area contributed by atoms with Crippen LogP contribution in [0.2, 0.25) is 0 Å². The molecule has 0 unspecified atom stereocenters. The zero-order valence-electron chi connectivity index (χ0n) is 42.0. The summed E-state index contributed by atoms with van der Waals surface area (Å²) in [5.41, 5.74) is 41.8. The van der Waals surface area contributed by atoms with Crippen molar-refractivity contribution < 1.29 is 38.7 Å². The Kier molecular flexibility index (Phi) is 23.5. The van der Waals surface area contributed by atoms with Crippen LogP contribution in [-0.4, -0.2) is 142 Å². The summed E-state index contributed by atoms with van der Waals surface area (Å²) in [7, 11) is 0. The van der Waals surface area contributed by atoms with Crippen molar-refractivity contribution in [1.29, 1.82) is 0 Å². The van der Waals surface area contributed by atoms with Gasteiger partial charge in [0.25, 0.3) is 0 Å². The number of H-pyrrole nitrogens is 2. The van der Waals surface area contributed by atoms with Crippen LogP contribution in [0.5, 0.6) is 0 Å². The summed E-state index contributed by atoms with van der Waals surface area (Å²) in [6.45, 7) is 3.63. The van der Waals surface area contributed by atoms with Crippen molar-refractivity contribution in [2.75, 3.05) is 25.4 Å². The molecule has 27 heteroatoms. The van der Waals surface area contributed by atoms with Gasteiger partial charge in [-0.3, -0.25) is 43.7 Å². The van der Waals surface area contributed by atoms with Gasteiger partial charge in [-0.2, -0.15) is 12.6 Å². The maximum absolute atomic E-state index is 14.9. The Labute approximate surface area is 438 Å². The van der Waals surface area contributed by atoms with Crippen molar-refractivity contribution in [1.82, 2.24) is 41.9 Å². The Bertz CT molecular complexity index is 2680. The molecule has 0 spiro atoms. The highest BCUT2D eigenvalue weighted by atomic mass is 32.1. The molecule has 2 aromatic heterocycles. The van der Waals surface area contributed by atoms with E-state index in [0.717, 1.165) is 21.8 Å². The quantitative estimate of drug-likeness (QED) is 0.0107. The summed E-state index contributed by atoms with van der Waals surface area (Å²) in [5, 5.41) is 27.3. The number of benzene rings is 2. The SMILES string of the molecule is CC(C)[C@H](NC(=O)[C@H](CCCN=C(N)N)NC(=O)[C@H](CS)NC(=O)[C@H](Cc1c[nH]c2ccccc12)NC(=O)[C@H](Cc1c[nH]c2ccccc12)NC(=O)[C@H](CCCN=C(N)N)NC(=O)[C@@H](N)CCCN=C(N)N)C(=O)O. The Morgan fingerprint density at radius 3 is 1.31 bits per heavy atom. The van der Waals surface area contributed by atoms with E-state index in [2.05, 4.69) is 69.5 Å². The summed E-state index contributed by atoms with van der Waals surface area (Å²) in [4.78, 5) is 115. The monoisotopic (exact) mass is 1060 g/mol. The van der Waals surface area contributed by atoms with Gasteiger partial charge < -0.3 is 87.1 Å². The summed E-state index contributed by atoms with van der Waals surface area (Å²) in [5.74, 6) is -7.27. The molecule has 0 saturated carbocycles. The largest absolute Gasteiger partial charge is 0.480 e. The molecule has 408 valence electrons. The van der Waals surface area contributed by atoms with Gasteiger partial charge >= 0.3 is 5.97 Å². The van der Waals surface area contributed by atoms with Crippen molar-refractivity contribution in [2.24, 2.45) is 61.0 Å². The number of nitrogens with one attached hydrogen (secondary N) is 8. The predicted octanol–water partition coefficient (Wildman–Crippen LogP) is -2.50. The number of carboxylic acid groups (broad SMARTS) is 1. The summed E-state index contributed by atoms with van der Waals surface area (Å²) in [6, 6.07) is 5.50. The topological polar surface area (TPSA) is 463 Å². The van der Waals surface area contributed by atoms with Gasteiger partial charge in [0.05, 0.1) is 6.04 Å². The highest BCUT2D eigenvalue weighted by molar-refractivity contribution is 7.80. The van der Waals surface area contributed by atoms with Crippen LogP contribution in [0.1, 0.15) is 63.5 Å². The molecule has 2 heterocycles. The number of aliphatic carboxylic acids is 1. The lowest BCUT2D eigenvalue weighted by Crippen LogP contribution is -2.61. The third-order valence-electron chi connectivity index (χ3n) is 12.0. The lowest BCUT2D eigenvalue weighted by Gasteiger charge is -2.27. The van der Waals surface area contributed by atoms with Gasteiger partial charge in [0.2, 0.25) is 35.4 Å². The molecule has 4 rings (SSSR count). The van der Waals surface area contributed by atoms with Crippen molar-refractivity contribution in [2.45, 2.75) is 108 Å². The number of rotatable bonds is 31. The second-order valence-corrected chi connectivity index (χ2v) is 18.5. The molecule has 0 aliphatic carbocycles. The maximum Gasteiger partial charge on any atom is 0.326 e. The number of thiol groups is 1. The van der Waals surface area contributed by atoms with E-state index >= 15 is 0 Å². The van der Waals surface area contributed by atoms with Gasteiger partial charge in [0.15, 0.2) is 17.9 Å². The van der Waals surface area contributed by atoms with E-state index in [1.165, 1.54) is 0 Å². The van der Waals surface area contributed by atoms with Gasteiger partial charge in [-0.1, -0.05) is 50.2 Å². The number of nitrogens with two attached hydrogens (primary N) is 7. The third-order valence-corrected chi connectivity index (χ3v) is 12.3. The van der Waals surface area contributed by atoms with E-state index in [9.17, 15) is 38.7 Å². The molecule has 0 saturated heterocycles. The molecule has 2 aromatic carbocycles. The lowest BCUT2D eigenvalue weighted by atomic mass is 10.0. The van der Waals surface area contributed by atoms with Crippen LogP contribution in [0.3, 0.4) is 0 Å². The Morgan fingerprint density at radius 1 is 0.533 bits per heavy atom. The molecule has 0 aliphatic rings. The predicted molar refractivity (Wildman–Crippen MR) is 290 cm³/mol. The fourth-order valence-corrected chi connectivity index (χ4v) is 8.24. The number of hydrogen-bond acceptors (Lipinski definition) is 12. The second kappa shape index (κ2) is 29.6. The van der Waals surface area contributed by atoms with Crippen LogP contribution in [0.4, 0.5) is 0 Å². The van der Waals surface area contributed by atoms with Crippen molar-refractivity contribution in [3.63, 3.8) is 0 Å². The standard InChI is InChI=1S/C48H72N18O8S/c1-25(2)38(45(73)74)66-41(69)34(16-9-19-58-48(54)55)62-44(72)37(24-75)65-43(71)36(21-27-23-60-32-14-6-4-11-29(27)32)64-42(70)35(20-26-22-59-31-13-5-3-10-28(26)31)63-40(68)33(15-8-18-57-47(52)53)61-39(67)30(49)12-7-17-56-46(50)51/h3-6,10-11,13-14,22-23,25,30,33-38,59-60,75H,7-9,12,15-21,24,49H2,1-2H3,(H,61,67)(H,62,72)(H,63,68)(H,64,70)(H,65,71)(H,66,69)(H,73,74)(H4,50,51,56)(H4,52,53,57)(H4,54,55,58)/t30-,33-,34-,35-,36-,37-,38-/m0/s1. The zero-order chi connectivity index (χ0) is 55.2. The minimum Gasteiger partial charge on any atom is -0.480 e. The van der Waals surface area contributed by atoms with Gasteiger partial charge in [-0.05, 0) is 67.7 Å². The van der Waals surface area contributed by atoms with Crippen LogP contribution in [0.15, 0.2) is 75.9 Å². The molecule has 0 radical (unpaired) electrons. The van der Waals surface area contributed by atoms with Crippen LogP contribution in [0, 0.1) is 5.92 Å². The van der Waals surface area contributed by atoms with Crippen LogP contribution in [0.25, 0.3) is 21.8 Å². The molecule has 6 amide bonds. The summed E-state index contributed by atoms with van der Waals surface area (Å²) >= 11 is 4.36. The maximum atomic E-state index is 14.9. The number of nitrogens with zero attached hydrogens (tertiary/aromatic N) is 3. The van der Waals surface area contributed by atoms with Gasteiger partial charge in [0, 0.05) is 72.4 Å². The summed E-state index contributed by atoms with van der Waals surface area (Å²) in [6.07, 6.45) is 4.11. The Morgan fingerprint density at radius 2 is 0.893 bits per heavy atom. The van der Waals surface area contributed by atoms with Crippen molar-refractivity contribution in [3.8, 4) is 0 Å². The molecule has 0 bridgehead atoms. The highest BCUT2D eigenvalue weighted by Gasteiger charge is 2.35. The Balaban J connectivity index is 1.68.